The maximum atomic E-state index is 11.9. The predicted molar refractivity (Wildman–Crippen MR) is 123 cm³/mol. The third kappa shape index (κ3) is 6.82. The average molecular weight is 430 g/mol. The second kappa shape index (κ2) is 11.5. The van der Waals surface area contributed by atoms with Gasteiger partial charge in [-0.3, -0.25) is 4.79 Å². The number of benzene rings is 1. The number of hydrogen-bond acceptors (Lipinski definition) is 7. The summed E-state index contributed by atoms with van der Waals surface area (Å²) in [6.45, 7) is 3.99. The van der Waals surface area contributed by atoms with Gasteiger partial charge in [-0.15, -0.1) is 0 Å². The molecule has 31 heavy (non-hydrogen) atoms. The van der Waals surface area contributed by atoms with Gasteiger partial charge < -0.3 is 25.8 Å². The zero-order valence-corrected chi connectivity index (χ0v) is 19.2. The number of ether oxygens (including phenoxy) is 1. The van der Waals surface area contributed by atoms with Gasteiger partial charge in [0.1, 0.15) is 11.6 Å². The van der Waals surface area contributed by atoms with E-state index in [1.165, 1.54) is 0 Å². The number of nitrogens with zero attached hydrogens (tertiary/aromatic N) is 3. The summed E-state index contributed by atoms with van der Waals surface area (Å²) in [6, 6.07) is 5.92. The molecule has 0 aliphatic heterocycles. The monoisotopic (exact) mass is 429 g/mol. The van der Waals surface area contributed by atoms with Crippen molar-refractivity contribution < 1.29 is 14.6 Å². The second-order valence-electron chi connectivity index (χ2n) is 7.92. The molecular formula is C23H35N5O3. The number of aromatic nitrogens is 2. The number of methoxy groups -OCH3 is 1. The molecule has 8 heteroatoms. The van der Waals surface area contributed by atoms with Gasteiger partial charge in [0.2, 0.25) is 11.9 Å². The highest BCUT2D eigenvalue weighted by Crippen LogP contribution is 2.28. The van der Waals surface area contributed by atoms with E-state index in [2.05, 4.69) is 22.2 Å². The molecule has 0 aliphatic rings. The molecular weight excluding hydrogens is 394 g/mol. The van der Waals surface area contributed by atoms with Gasteiger partial charge in [-0.05, 0) is 37.0 Å². The fourth-order valence-electron chi connectivity index (χ4n) is 3.46. The maximum Gasteiger partial charge on any atom is 0.222 e. The topological polar surface area (TPSA) is 114 Å². The lowest BCUT2D eigenvalue weighted by atomic mass is 9.99. The lowest BCUT2D eigenvalue weighted by Gasteiger charge is -2.20. The largest absolute Gasteiger partial charge is 0.496 e. The van der Waals surface area contributed by atoms with E-state index in [4.69, 9.17) is 10.5 Å². The maximum absolute atomic E-state index is 11.9. The van der Waals surface area contributed by atoms with E-state index in [9.17, 15) is 9.90 Å². The zero-order chi connectivity index (χ0) is 23.0. The van der Waals surface area contributed by atoms with Gasteiger partial charge in [-0.1, -0.05) is 25.5 Å². The number of anilines is 2. The molecule has 4 N–H and O–H groups in total. The molecule has 0 aliphatic carbocycles. The summed E-state index contributed by atoms with van der Waals surface area (Å²) >= 11 is 0. The standard InChI is InChI=1S/C23H35N5O3/c1-6-7-18(14-29)26-22-19(15(2)25-23(24)27-22)13-17-10-8-16(12-20(17)31-5)9-11-21(30)28(3)4/h8,10,12,18,29H,6-7,9,11,13-14H2,1-5H3,(H3,24,25,26,27)/t18-/m0/s1. The molecule has 0 saturated heterocycles. The number of amides is 1. The van der Waals surface area contributed by atoms with Crippen molar-refractivity contribution in [1.29, 1.82) is 0 Å². The van der Waals surface area contributed by atoms with E-state index in [1.54, 1.807) is 26.1 Å². The Morgan fingerprint density at radius 2 is 2.06 bits per heavy atom. The first-order valence-electron chi connectivity index (χ1n) is 10.6. The smallest absolute Gasteiger partial charge is 0.222 e. The fraction of sp³-hybridized carbons (Fsp3) is 0.522. The Morgan fingerprint density at radius 1 is 1.32 bits per heavy atom. The van der Waals surface area contributed by atoms with Crippen LogP contribution < -0.4 is 15.8 Å². The minimum Gasteiger partial charge on any atom is -0.496 e. The number of aryl methyl sites for hydroxylation is 2. The molecule has 2 aromatic rings. The van der Waals surface area contributed by atoms with Crippen LogP contribution >= 0.6 is 0 Å². The summed E-state index contributed by atoms with van der Waals surface area (Å²) in [4.78, 5) is 22.2. The minimum atomic E-state index is -0.101. The van der Waals surface area contributed by atoms with E-state index in [1.807, 2.05) is 25.1 Å². The van der Waals surface area contributed by atoms with Crippen molar-refractivity contribution >= 4 is 17.7 Å². The molecule has 0 bridgehead atoms. The van der Waals surface area contributed by atoms with Crippen molar-refractivity contribution in [2.75, 3.05) is 38.9 Å². The van der Waals surface area contributed by atoms with Gasteiger partial charge in [0.05, 0.1) is 19.8 Å². The van der Waals surface area contributed by atoms with Crippen LogP contribution in [0.3, 0.4) is 0 Å². The van der Waals surface area contributed by atoms with E-state index in [0.29, 0.717) is 25.1 Å². The number of nitrogen functional groups attached to an aromatic ring is 1. The summed E-state index contributed by atoms with van der Waals surface area (Å²) in [6.07, 6.45) is 3.42. The summed E-state index contributed by atoms with van der Waals surface area (Å²) in [5, 5.41) is 13.0. The van der Waals surface area contributed by atoms with Crippen molar-refractivity contribution in [3.63, 3.8) is 0 Å². The Balaban J connectivity index is 2.29. The summed E-state index contributed by atoms with van der Waals surface area (Å²) < 4.78 is 5.64. The van der Waals surface area contributed by atoms with Gasteiger partial charge in [0.25, 0.3) is 0 Å². The van der Waals surface area contributed by atoms with E-state index in [0.717, 1.165) is 41.0 Å². The summed E-state index contributed by atoms with van der Waals surface area (Å²) in [5.41, 5.74) is 9.62. The van der Waals surface area contributed by atoms with Gasteiger partial charge >= 0.3 is 0 Å². The molecule has 1 atom stereocenters. The van der Waals surface area contributed by atoms with Gasteiger partial charge in [-0.2, -0.15) is 4.98 Å². The molecule has 8 nitrogen and oxygen atoms in total. The molecule has 0 fully saturated rings. The lowest BCUT2D eigenvalue weighted by molar-refractivity contribution is -0.128. The number of nitrogens with one attached hydrogen (secondary N) is 1. The Morgan fingerprint density at radius 3 is 2.68 bits per heavy atom. The van der Waals surface area contributed by atoms with Crippen LogP contribution in [0.1, 0.15) is 48.6 Å². The predicted octanol–water partition coefficient (Wildman–Crippen LogP) is 2.56. The molecule has 170 valence electrons. The molecule has 2 rings (SSSR count). The van der Waals surface area contributed by atoms with Crippen LogP contribution in [-0.2, 0) is 17.6 Å². The van der Waals surface area contributed by atoms with Crippen LogP contribution in [0.4, 0.5) is 11.8 Å². The Hall–Kier alpha value is -2.87. The SMILES string of the molecule is CCC[C@@H](CO)Nc1nc(N)nc(C)c1Cc1ccc(CCC(=O)N(C)C)cc1OC. The number of hydrogen-bond donors (Lipinski definition) is 3. The van der Waals surface area contributed by atoms with Crippen LogP contribution in [0.15, 0.2) is 18.2 Å². The molecule has 0 radical (unpaired) electrons. The molecule has 0 unspecified atom stereocenters. The summed E-state index contributed by atoms with van der Waals surface area (Å²) in [7, 11) is 5.16. The lowest BCUT2D eigenvalue weighted by Crippen LogP contribution is -2.25. The van der Waals surface area contributed by atoms with E-state index >= 15 is 0 Å². The molecule has 1 heterocycles. The minimum absolute atomic E-state index is 0.0138. The molecule has 0 spiro atoms. The Kier molecular flexibility index (Phi) is 9.05. The summed E-state index contributed by atoms with van der Waals surface area (Å²) in [5.74, 6) is 1.69. The third-order valence-electron chi connectivity index (χ3n) is 5.27. The Labute approximate surface area is 184 Å². The van der Waals surface area contributed by atoms with Crippen molar-refractivity contribution in [1.82, 2.24) is 14.9 Å². The molecule has 0 saturated carbocycles. The van der Waals surface area contributed by atoms with E-state index in [-0.39, 0.29) is 24.5 Å². The molecule has 1 amide bonds. The number of carbonyl (C=O) groups excluding carboxylic acids is 1. The highest BCUT2D eigenvalue weighted by atomic mass is 16.5. The third-order valence-corrected chi connectivity index (χ3v) is 5.27. The van der Waals surface area contributed by atoms with Crippen LogP contribution in [0.5, 0.6) is 5.75 Å². The number of carbonyl (C=O) groups is 1. The van der Waals surface area contributed by atoms with Crippen molar-refractivity contribution in [2.45, 2.75) is 52.0 Å². The Bertz CT molecular complexity index is 886. The zero-order valence-electron chi connectivity index (χ0n) is 19.2. The van der Waals surface area contributed by atoms with Crippen molar-refractivity contribution in [3.8, 4) is 5.75 Å². The van der Waals surface area contributed by atoms with Crippen LogP contribution in [0.25, 0.3) is 0 Å². The quantitative estimate of drug-likeness (QED) is 0.503. The molecule has 1 aromatic carbocycles. The van der Waals surface area contributed by atoms with Crippen LogP contribution in [-0.4, -0.2) is 59.7 Å². The van der Waals surface area contributed by atoms with Crippen molar-refractivity contribution in [2.24, 2.45) is 0 Å². The van der Waals surface area contributed by atoms with Crippen molar-refractivity contribution in [3.05, 3.63) is 40.6 Å². The first-order valence-corrected chi connectivity index (χ1v) is 10.6. The van der Waals surface area contributed by atoms with Crippen LogP contribution in [0, 0.1) is 6.92 Å². The fourth-order valence-corrected chi connectivity index (χ4v) is 3.46. The first kappa shape index (κ1) is 24.4. The number of aliphatic hydroxyl groups is 1. The van der Waals surface area contributed by atoms with Crippen LogP contribution in [0.2, 0.25) is 0 Å². The molecule has 1 aromatic heterocycles. The second-order valence-corrected chi connectivity index (χ2v) is 7.92. The number of nitrogens with two attached hydrogens (primary N) is 1. The normalized spacial score (nSPS) is 11.8. The van der Waals surface area contributed by atoms with E-state index < -0.39 is 0 Å². The first-order chi connectivity index (χ1) is 14.8. The van der Waals surface area contributed by atoms with Gasteiger partial charge in [0, 0.05) is 38.2 Å². The van der Waals surface area contributed by atoms with Gasteiger partial charge in [0.15, 0.2) is 0 Å². The highest BCUT2D eigenvalue weighted by molar-refractivity contribution is 5.75. The number of rotatable bonds is 11. The average Bonchev–Trinajstić information content (AvgIpc) is 2.74. The van der Waals surface area contributed by atoms with Gasteiger partial charge in [-0.25, -0.2) is 4.98 Å². The highest BCUT2D eigenvalue weighted by Gasteiger charge is 2.17. The number of aliphatic hydroxyl groups excluding tert-OH is 1.